The minimum absolute atomic E-state index is 0.120. The molecule has 0 atom stereocenters. The molecule has 0 aliphatic carbocycles. The summed E-state index contributed by atoms with van der Waals surface area (Å²) in [5, 5.41) is 12.3. The lowest BCUT2D eigenvalue weighted by Crippen LogP contribution is -2.13. The van der Waals surface area contributed by atoms with Gasteiger partial charge in [0.05, 0.1) is 31.0 Å². The van der Waals surface area contributed by atoms with Crippen LogP contribution in [0.15, 0.2) is 42.5 Å². The second-order valence-electron chi connectivity index (χ2n) is 4.38. The van der Waals surface area contributed by atoms with Gasteiger partial charge in [-0.25, -0.2) is 4.79 Å². The molecule has 0 spiro atoms. The summed E-state index contributed by atoms with van der Waals surface area (Å²) in [6, 6.07) is 10.7. The van der Waals surface area contributed by atoms with Gasteiger partial charge in [0.2, 0.25) is 0 Å². The van der Waals surface area contributed by atoms with Crippen LogP contribution in [0.4, 0.5) is 5.69 Å². The van der Waals surface area contributed by atoms with Crippen molar-refractivity contribution < 1.29 is 24.2 Å². The topological polar surface area (TPSA) is 84.9 Å². The Hall–Kier alpha value is -3.02. The molecule has 0 aliphatic heterocycles. The number of rotatable bonds is 4. The first-order valence-electron chi connectivity index (χ1n) is 6.42. The van der Waals surface area contributed by atoms with E-state index in [4.69, 9.17) is 4.74 Å². The molecule has 2 aromatic rings. The van der Waals surface area contributed by atoms with Crippen molar-refractivity contribution >= 4 is 17.6 Å². The van der Waals surface area contributed by atoms with Crippen LogP contribution in [0.1, 0.15) is 20.7 Å². The predicted molar refractivity (Wildman–Crippen MR) is 80.4 cm³/mol. The first-order chi connectivity index (χ1) is 10.6. The van der Waals surface area contributed by atoms with Crippen LogP contribution in [0, 0.1) is 0 Å². The molecule has 6 nitrogen and oxygen atoms in total. The normalized spacial score (nSPS) is 9.91. The first-order valence-corrected chi connectivity index (χ1v) is 6.42. The maximum absolute atomic E-state index is 12.2. The van der Waals surface area contributed by atoms with Crippen LogP contribution < -0.4 is 10.1 Å². The number of benzene rings is 2. The van der Waals surface area contributed by atoms with Gasteiger partial charge < -0.3 is 19.9 Å². The molecule has 0 aromatic heterocycles. The summed E-state index contributed by atoms with van der Waals surface area (Å²) >= 11 is 0. The van der Waals surface area contributed by atoms with E-state index in [9.17, 15) is 14.7 Å². The average Bonchev–Trinajstić information content (AvgIpc) is 2.54. The third-order valence-corrected chi connectivity index (χ3v) is 3.02. The van der Waals surface area contributed by atoms with Crippen LogP contribution in [0.2, 0.25) is 0 Å². The van der Waals surface area contributed by atoms with Crippen molar-refractivity contribution in [2.24, 2.45) is 0 Å². The van der Waals surface area contributed by atoms with E-state index >= 15 is 0 Å². The fraction of sp³-hybridized carbons (Fsp3) is 0.125. The number of para-hydroxylation sites is 1. The molecule has 0 unspecified atom stereocenters. The summed E-state index contributed by atoms with van der Waals surface area (Å²) in [6.45, 7) is 0. The molecule has 0 saturated carbocycles. The Balaban J connectivity index is 2.28. The van der Waals surface area contributed by atoms with E-state index in [1.165, 1.54) is 44.6 Å². The third kappa shape index (κ3) is 3.17. The zero-order valence-corrected chi connectivity index (χ0v) is 12.1. The van der Waals surface area contributed by atoms with Crippen LogP contribution in [-0.4, -0.2) is 31.2 Å². The summed E-state index contributed by atoms with van der Waals surface area (Å²) in [5.74, 6) is -0.795. The van der Waals surface area contributed by atoms with Gasteiger partial charge in [0.25, 0.3) is 5.91 Å². The summed E-state index contributed by atoms with van der Waals surface area (Å²) in [7, 11) is 2.70. The van der Waals surface area contributed by atoms with Crippen molar-refractivity contribution in [1.29, 1.82) is 0 Å². The molecular formula is C16H15NO5. The highest BCUT2D eigenvalue weighted by molar-refractivity contribution is 6.07. The molecule has 114 valence electrons. The van der Waals surface area contributed by atoms with Gasteiger partial charge >= 0.3 is 5.97 Å². The Morgan fingerprint density at radius 3 is 2.45 bits per heavy atom. The van der Waals surface area contributed by atoms with Gasteiger partial charge in [0.1, 0.15) is 11.5 Å². The summed E-state index contributed by atoms with van der Waals surface area (Å²) in [4.78, 5) is 23.6. The van der Waals surface area contributed by atoms with Crippen LogP contribution >= 0.6 is 0 Å². The SMILES string of the molecule is COC(=O)c1ccc(NC(=O)c2ccccc2O)c(OC)c1. The Morgan fingerprint density at radius 1 is 1.09 bits per heavy atom. The van der Waals surface area contributed by atoms with Crippen molar-refractivity contribution in [3.63, 3.8) is 0 Å². The average molecular weight is 301 g/mol. The smallest absolute Gasteiger partial charge is 0.337 e. The fourth-order valence-corrected chi connectivity index (χ4v) is 1.89. The molecule has 0 aliphatic rings. The standard InChI is InChI=1S/C16H15NO5/c1-21-14-9-10(16(20)22-2)7-8-12(14)17-15(19)11-5-3-4-6-13(11)18/h3-9,18H,1-2H3,(H,17,19). The molecule has 0 saturated heterocycles. The maximum Gasteiger partial charge on any atom is 0.337 e. The monoisotopic (exact) mass is 301 g/mol. The Labute approximate surface area is 127 Å². The number of carbonyl (C=O) groups is 2. The lowest BCUT2D eigenvalue weighted by molar-refractivity contribution is 0.0600. The highest BCUT2D eigenvalue weighted by Gasteiger charge is 2.15. The fourth-order valence-electron chi connectivity index (χ4n) is 1.89. The number of anilines is 1. The van der Waals surface area contributed by atoms with E-state index in [0.29, 0.717) is 17.0 Å². The van der Waals surface area contributed by atoms with Crippen LogP contribution in [0.25, 0.3) is 0 Å². The van der Waals surface area contributed by atoms with Crippen LogP contribution in [0.5, 0.6) is 11.5 Å². The number of hydrogen-bond acceptors (Lipinski definition) is 5. The molecular weight excluding hydrogens is 286 g/mol. The number of nitrogens with one attached hydrogen (secondary N) is 1. The number of esters is 1. The minimum atomic E-state index is -0.503. The van der Waals surface area contributed by atoms with Gasteiger partial charge in [-0.1, -0.05) is 12.1 Å². The van der Waals surface area contributed by atoms with Crippen molar-refractivity contribution in [2.45, 2.75) is 0 Å². The number of methoxy groups -OCH3 is 2. The number of ether oxygens (including phenoxy) is 2. The summed E-state index contributed by atoms with van der Waals surface area (Å²) in [6.07, 6.45) is 0. The number of phenolic OH excluding ortho intramolecular Hbond substituents is 1. The van der Waals surface area contributed by atoms with Crippen LogP contribution in [-0.2, 0) is 4.74 Å². The van der Waals surface area contributed by atoms with Gasteiger partial charge in [-0.2, -0.15) is 0 Å². The van der Waals surface area contributed by atoms with E-state index in [-0.39, 0.29) is 11.3 Å². The molecule has 0 bridgehead atoms. The molecule has 0 fully saturated rings. The second-order valence-corrected chi connectivity index (χ2v) is 4.38. The molecule has 2 rings (SSSR count). The molecule has 2 N–H and O–H groups in total. The molecule has 22 heavy (non-hydrogen) atoms. The van der Waals surface area contributed by atoms with Crippen molar-refractivity contribution in [3.05, 3.63) is 53.6 Å². The van der Waals surface area contributed by atoms with Crippen LogP contribution in [0.3, 0.4) is 0 Å². The quantitative estimate of drug-likeness (QED) is 0.847. The van der Waals surface area contributed by atoms with Gasteiger partial charge in [0.15, 0.2) is 0 Å². The van der Waals surface area contributed by atoms with Gasteiger partial charge in [0, 0.05) is 0 Å². The highest BCUT2D eigenvalue weighted by atomic mass is 16.5. The second kappa shape index (κ2) is 6.62. The lowest BCUT2D eigenvalue weighted by Gasteiger charge is -2.12. The zero-order chi connectivity index (χ0) is 16.1. The molecule has 0 radical (unpaired) electrons. The third-order valence-electron chi connectivity index (χ3n) is 3.02. The number of amides is 1. The van der Waals surface area contributed by atoms with E-state index < -0.39 is 11.9 Å². The van der Waals surface area contributed by atoms with E-state index in [1.807, 2.05) is 0 Å². The zero-order valence-electron chi connectivity index (χ0n) is 12.1. The molecule has 1 amide bonds. The summed E-state index contributed by atoms with van der Waals surface area (Å²) in [5.41, 5.74) is 0.824. The van der Waals surface area contributed by atoms with Crippen molar-refractivity contribution in [2.75, 3.05) is 19.5 Å². The largest absolute Gasteiger partial charge is 0.507 e. The first kappa shape index (κ1) is 15.4. The molecule has 0 heterocycles. The van der Waals surface area contributed by atoms with E-state index in [1.54, 1.807) is 12.1 Å². The number of carbonyl (C=O) groups excluding carboxylic acids is 2. The van der Waals surface area contributed by atoms with Gasteiger partial charge in [-0.3, -0.25) is 4.79 Å². The van der Waals surface area contributed by atoms with Gasteiger partial charge in [-0.05, 0) is 30.3 Å². The number of phenols is 1. The highest BCUT2D eigenvalue weighted by Crippen LogP contribution is 2.27. The summed E-state index contributed by atoms with van der Waals surface area (Å²) < 4.78 is 9.79. The van der Waals surface area contributed by atoms with E-state index in [2.05, 4.69) is 10.1 Å². The Bertz CT molecular complexity index is 711. The van der Waals surface area contributed by atoms with Crippen molar-refractivity contribution in [1.82, 2.24) is 0 Å². The number of aromatic hydroxyl groups is 1. The van der Waals surface area contributed by atoms with Gasteiger partial charge in [-0.15, -0.1) is 0 Å². The molecule has 2 aromatic carbocycles. The maximum atomic E-state index is 12.2. The predicted octanol–water partition coefficient (Wildman–Crippen LogP) is 2.44. The lowest BCUT2D eigenvalue weighted by atomic mass is 10.1. The van der Waals surface area contributed by atoms with Crippen molar-refractivity contribution in [3.8, 4) is 11.5 Å². The van der Waals surface area contributed by atoms with E-state index in [0.717, 1.165) is 0 Å². The minimum Gasteiger partial charge on any atom is -0.507 e. The number of hydrogen-bond donors (Lipinski definition) is 2. The Morgan fingerprint density at radius 2 is 1.82 bits per heavy atom. The Kier molecular flexibility index (Phi) is 4.63. The molecule has 6 heteroatoms.